The monoisotopic (exact) mass is 219 g/mol. The summed E-state index contributed by atoms with van der Waals surface area (Å²) in [7, 11) is 2.38. The first-order valence-electron chi connectivity index (χ1n) is 6.37. The van der Waals surface area contributed by atoms with Gasteiger partial charge in [-0.15, -0.1) is 0 Å². The average molecular weight is 219 g/mol. The van der Waals surface area contributed by atoms with Gasteiger partial charge in [-0.25, -0.2) is 0 Å². The van der Waals surface area contributed by atoms with E-state index in [-0.39, 0.29) is 0 Å². The lowest BCUT2D eigenvalue weighted by molar-refractivity contribution is -0.905. The first-order valence-corrected chi connectivity index (χ1v) is 6.37. The van der Waals surface area contributed by atoms with Crippen molar-refractivity contribution in [2.45, 2.75) is 13.3 Å². The van der Waals surface area contributed by atoms with Gasteiger partial charge < -0.3 is 9.38 Å². The van der Waals surface area contributed by atoms with Crippen molar-refractivity contribution in [3.63, 3.8) is 0 Å². The van der Waals surface area contributed by atoms with Crippen LogP contribution in [0.3, 0.4) is 0 Å². The average Bonchev–Trinajstić information content (AvgIpc) is 2.53. The van der Waals surface area contributed by atoms with E-state index in [4.69, 9.17) is 0 Å². The van der Waals surface area contributed by atoms with E-state index in [1.807, 2.05) is 0 Å². The van der Waals surface area contributed by atoms with Crippen LogP contribution in [0.15, 0.2) is 30.3 Å². The first kappa shape index (κ1) is 11.5. The van der Waals surface area contributed by atoms with Crippen molar-refractivity contribution in [3.05, 3.63) is 30.3 Å². The largest absolute Gasteiger partial charge is 0.366 e. The van der Waals surface area contributed by atoms with Gasteiger partial charge in [-0.3, -0.25) is 0 Å². The molecule has 16 heavy (non-hydrogen) atoms. The number of benzene rings is 1. The Bertz CT molecular complexity index is 323. The number of quaternary nitrogens is 1. The molecule has 88 valence electrons. The van der Waals surface area contributed by atoms with E-state index in [1.165, 1.54) is 49.3 Å². The summed E-state index contributed by atoms with van der Waals surface area (Å²) in [5, 5.41) is 0. The quantitative estimate of drug-likeness (QED) is 0.690. The molecule has 1 saturated heterocycles. The Morgan fingerprint density at radius 1 is 1.12 bits per heavy atom. The smallest absolute Gasteiger partial charge is 0.0962 e. The van der Waals surface area contributed by atoms with Gasteiger partial charge in [0.05, 0.1) is 33.2 Å². The molecule has 1 aliphatic rings. The molecule has 2 rings (SSSR count). The van der Waals surface area contributed by atoms with Gasteiger partial charge >= 0.3 is 0 Å². The molecule has 0 aliphatic carbocycles. The zero-order valence-corrected chi connectivity index (χ0v) is 10.5. The number of para-hydroxylation sites is 1. The molecule has 2 heteroatoms. The summed E-state index contributed by atoms with van der Waals surface area (Å²) >= 11 is 0. The van der Waals surface area contributed by atoms with Gasteiger partial charge in [0.15, 0.2) is 0 Å². The molecule has 0 radical (unpaired) electrons. The SMILES string of the molecule is CC[N+]1(C)CCCN(c2ccccc2)CC1. The highest BCUT2D eigenvalue weighted by molar-refractivity contribution is 5.45. The van der Waals surface area contributed by atoms with Crippen LogP contribution in [-0.2, 0) is 0 Å². The molecule has 1 aromatic carbocycles. The lowest BCUT2D eigenvalue weighted by atomic mass is 10.3. The van der Waals surface area contributed by atoms with Gasteiger partial charge in [0.2, 0.25) is 0 Å². The number of nitrogens with zero attached hydrogens (tertiary/aromatic N) is 2. The Hall–Kier alpha value is -1.02. The minimum Gasteiger partial charge on any atom is -0.366 e. The van der Waals surface area contributed by atoms with E-state index in [0.29, 0.717) is 0 Å². The van der Waals surface area contributed by atoms with Crippen LogP contribution in [0.25, 0.3) is 0 Å². The summed E-state index contributed by atoms with van der Waals surface area (Å²) in [6.07, 6.45) is 1.30. The zero-order valence-electron chi connectivity index (χ0n) is 10.5. The van der Waals surface area contributed by atoms with E-state index in [1.54, 1.807) is 0 Å². The Morgan fingerprint density at radius 3 is 2.56 bits per heavy atom. The van der Waals surface area contributed by atoms with E-state index in [0.717, 1.165) is 0 Å². The summed E-state index contributed by atoms with van der Waals surface area (Å²) in [5.74, 6) is 0. The highest BCUT2D eigenvalue weighted by Crippen LogP contribution is 2.17. The number of hydrogen-bond donors (Lipinski definition) is 0. The van der Waals surface area contributed by atoms with Crippen molar-refractivity contribution in [2.24, 2.45) is 0 Å². The molecular formula is C14H23N2+. The molecule has 0 spiro atoms. The van der Waals surface area contributed by atoms with E-state index >= 15 is 0 Å². The summed E-state index contributed by atoms with van der Waals surface area (Å²) in [5.41, 5.74) is 1.38. The van der Waals surface area contributed by atoms with Crippen molar-refractivity contribution in [3.8, 4) is 0 Å². The molecule has 1 aromatic rings. The van der Waals surface area contributed by atoms with Crippen LogP contribution in [-0.4, -0.2) is 44.3 Å². The maximum atomic E-state index is 2.53. The minimum atomic E-state index is 1.19. The fraction of sp³-hybridized carbons (Fsp3) is 0.571. The van der Waals surface area contributed by atoms with E-state index < -0.39 is 0 Å². The number of anilines is 1. The summed E-state index contributed by atoms with van der Waals surface area (Å²) < 4.78 is 1.23. The van der Waals surface area contributed by atoms with Crippen LogP contribution in [0.2, 0.25) is 0 Å². The molecule has 0 bridgehead atoms. The van der Waals surface area contributed by atoms with Crippen LogP contribution in [0, 0.1) is 0 Å². The molecule has 1 fully saturated rings. The Labute approximate surface area is 99.1 Å². The predicted molar refractivity (Wildman–Crippen MR) is 69.7 cm³/mol. The van der Waals surface area contributed by atoms with Crippen molar-refractivity contribution < 1.29 is 4.48 Å². The molecule has 1 aliphatic heterocycles. The topological polar surface area (TPSA) is 3.24 Å². The molecule has 1 unspecified atom stereocenters. The molecule has 0 saturated carbocycles. The molecule has 0 N–H and O–H groups in total. The van der Waals surface area contributed by atoms with Crippen LogP contribution >= 0.6 is 0 Å². The zero-order chi connectivity index (χ0) is 11.4. The van der Waals surface area contributed by atoms with E-state index in [2.05, 4.69) is 49.2 Å². The Kier molecular flexibility index (Phi) is 3.49. The fourth-order valence-corrected chi connectivity index (χ4v) is 2.44. The Morgan fingerprint density at radius 2 is 1.88 bits per heavy atom. The summed E-state index contributed by atoms with van der Waals surface area (Å²) in [6, 6.07) is 10.8. The maximum absolute atomic E-state index is 2.53. The maximum Gasteiger partial charge on any atom is 0.0962 e. The van der Waals surface area contributed by atoms with Crippen molar-refractivity contribution in [2.75, 3.05) is 44.7 Å². The second kappa shape index (κ2) is 4.88. The molecule has 2 nitrogen and oxygen atoms in total. The predicted octanol–water partition coefficient (Wildman–Crippen LogP) is 2.36. The summed E-state index contributed by atoms with van der Waals surface area (Å²) in [6.45, 7) is 8.54. The van der Waals surface area contributed by atoms with Crippen molar-refractivity contribution in [1.82, 2.24) is 0 Å². The fourth-order valence-electron chi connectivity index (χ4n) is 2.44. The standard InChI is InChI=1S/C14H23N2/c1-3-16(2)12-7-10-15(11-13-16)14-8-5-4-6-9-14/h4-6,8-9H,3,7,10-13H2,1-2H3/q+1. The number of hydrogen-bond acceptors (Lipinski definition) is 1. The second-order valence-corrected chi connectivity index (χ2v) is 5.06. The third kappa shape index (κ3) is 2.56. The van der Waals surface area contributed by atoms with Gasteiger partial charge in [0.25, 0.3) is 0 Å². The molecule has 1 heterocycles. The van der Waals surface area contributed by atoms with Gasteiger partial charge in [-0.1, -0.05) is 18.2 Å². The van der Waals surface area contributed by atoms with Crippen LogP contribution in [0.4, 0.5) is 5.69 Å². The normalized spacial score (nSPS) is 26.5. The Balaban J connectivity index is 2.05. The van der Waals surface area contributed by atoms with Crippen molar-refractivity contribution >= 4 is 5.69 Å². The first-order chi connectivity index (χ1) is 7.73. The van der Waals surface area contributed by atoms with E-state index in [9.17, 15) is 0 Å². The summed E-state index contributed by atoms with van der Waals surface area (Å²) in [4.78, 5) is 2.53. The number of rotatable bonds is 2. The molecule has 0 aromatic heterocycles. The molecule has 0 amide bonds. The van der Waals surface area contributed by atoms with Gasteiger partial charge in [0.1, 0.15) is 0 Å². The van der Waals surface area contributed by atoms with Crippen molar-refractivity contribution in [1.29, 1.82) is 0 Å². The third-order valence-corrected chi connectivity index (χ3v) is 3.92. The van der Waals surface area contributed by atoms with Crippen LogP contribution in [0.1, 0.15) is 13.3 Å². The van der Waals surface area contributed by atoms with Crippen LogP contribution < -0.4 is 4.90 Å². The highest BCUT2D eigenvalue weighted by Gasteiger charge is 2.24. The lowest BCUT2D eigenvalue weighted by Crippen LogP contribution is -2.46. The number of likely N-dealkylation sites (N-methyl/N-ethyl adjacent to an activating group) is 1. The van der Waals surface area contributed by atoms with Gasteiger partial charge in [0, 0.05) is 18.7 Å². The third-order valence-electron chi connectivity index (χ3n) is 3.92. The minimum absolute atomic E-state index is 1.19. The lowest BCUT2D eigenvalue weighted by Gasteiger charge is -2.32. The highest BCUT2D eigenvalue weighted by atomic mass is 15.4. The molecule has 1 atom stereocenters. The molecular weight excluding hydrogens is 196 g/mol. The van der Waals surface area contributed by atoms with Crippen LogP contribution in [0.5, 0.6) is 0 Å². The van der Waals surface area contributed by atoms with Gasteiger partial charge in [-0.05, 0) is 19.1 Å². The second-order valence-electron chi connectivity index (χ2n) is 5.06. The van der Waals surface area contributed by atoms with Gasteiger partial charge in [-0.2, -0.15) is 0 Å².